The smallest absolute Gasteiger partial charge is 0.247 e. The van der Waals surface area contributed by atoms with Gasteiger partial charge in [0.05, 0.1) is 11.0 Å². The second kappa shape index (κ2) is 4.18. The molecule has 102 valence electrons. The van der Waals surface area contributed by atoms with Gasteiger partial charge in [0, 0.05) is 5.56 Å². The van der Waals surface area contributed by atoms with Crippen LogP contribution in [0, 0.1) is 5.41 Å². The van der Waals surface area contributed by atoms with E-state index >= 15 is 0 Å². The number of carbonyl (C=O) groups excluding carboxylic acids is 1. The minimum Gasteiger partial charge on any atom is -0.456 e. The SMILES string of the molecule is CC1(C)C(=O)c2ccccc2OC1(O)c1ccccc1. The van der Waals surface area contributed by atoms with Gasteiger partial charge in [0.15, 0.2) is 5.78 Å². The summed E-state index contributed by atoms with van der Waals surface area (Å²) in [5.74, 6) is -1.37. The van der Waals surface area contributed by atoms with E-state index in [0.717, 1.165) is 0 Å². The van der Waals surface area contributed by atoms with Crippen LogP contribution in [0.4, 0.5) is 0 Å². The van der Waals surface area contributed by atoms with Crippen LogP contribution in [0.15, 0.2) is 54.6 Å². The summed E-state index contributed by atoms with van der Waals surface area (Å²) in [6.45, 7) is 3.41. The summed E-state index contributed by atoms with van der Waals surface area (Å²) in [5, 5.41) is 11.0. The van der Waals surface area contributed by atoms with Crippen molar-refractivity contribution in [1.82, 2.24) is 0 Å². The molecular formula is C17H16O3. The van der Waals surface area contributed by atoms with Crippen molar-refractivity contribution in [2.45, 2.75) is 19.6 Å². The fourth-order valence-corrected chi connectivity index (χ4v) is 2.60. The van der Waals surface area contributed by atoms with E-state index in [1.807, 2.05) is 18.2 Å². The Labute approximate surface area is 117 Å². The summed E-state index contributed by atoms with van der Waals surface area (Å²) in [5.41, 5.74) is 0.0221. The molecule has 20 heavy (non-hydrogen) atoms. The Hall–Kier alpha value is -2.13. The number of ether oxygens (including phenoxy) is 1. The van der Waals surface area contributed by atoms with Crippen LogP contribution in [-0.2, 0) is 5.79 Å². The molecule has 1 aliphatic rings. The Morgan fingerprint density at radius 2 is 1.55 bits per heavy atom. The molecule has 1 N–H and O–H groups in total. The first-order valence-electron chi connectivity index (χ1n) is 6.57. The normalized spacial score (nSPS) is 23.9. The maximum absolute atomic E-state index is 12.7. The number of Topliss-reactive ketones (excluding diaryl/α,β-unsaturated/α-hetero) is 1. The molecule has 0 fully saturated rings. The second-order valence-corrected chi connectivity index (χ2v) is 5.56. The minimum atomic E-state index is -1.67. The molecule has 2 aromatic carbocycles. The number of para-hydroxylation sites is 1. The van der Waals surface area contributed by atoms with Gasteiger partial charge in [-0.15, -0.1) is 0 Å². The van der Waals surface area contributed by atoms with Crippen LogP contribution in [0.2, 0.25) is 0 Å². The number of fused-ring (bicyclic) bond motifs is 1. The van der Waals surface area contributed by atoms with E-state index in [2.05, 4.69) is 0 Å². The first-order valence-corrected chi connectivity index (χ1v) is 6.57. The molecule has 0 saturated carbocycles. The van der Waals surface area contributed by atoms with Crippen LogP contribution in [0.5, 0.6) is 5.75 Å². The highest BCUT2D eigenvalue weighted by atomic mass is 16.6. The van der Waals surface area contributed by atoms with Crippen molar-refractivity contribution in [3.8, 4) is 5.75 Å². The molecule has 3 rings (SSSR count). The topological polar surface area (TPSA) is 46.5 Å². The molecular weight excluding hydrogens is 252 g/mol. The van der Waals surface area contributed by atoms with Gasteiger partial charge in [-0.25, -0.2) is 0 Å². The molecule has 1 unspecified atom stereocenters. The molecule has 0 radical (unpaired) electrons. The predicted octanol–water partition coefficient (Wildman–Crippen LogP) is 3.13. The molecule has 2 aromatic rings. The number of carbonyl (C=O) groups is 1. The molecule has 0 amide bonds. The van der Waals surface area contributed by atoms with E-state index in [4.69, 9.17) is 4.74 Å². The Balaban J connectivity index is 2.21. The van der Waals surface area contributed by atoms with Crippen molar-refractivity contribution >= 4 is 5.78 Å². The van der Waals surface area contributed by atoms with E-state index in [1.54, 1.807) is 50.2 Å². The van der Waals surface area contributed by atoms with Gasteiger partial charge in [0.1, 0.15) is 5.75 Å². The van der Waals surface area contributed by atoms with Crippen LogP contribution < -0.4 is 4.74 Å². The molecule has 0 bridgehead atoms. The predicted molar refractivity (Wildman–Crippen MR) is 75.5 cm³/mol. The summed E-state index contributed by atoms with van der Waals surface area (Å²) in [6, 6.07) is 16.0. The monoisotopic (exact) mass is 268 g/mol. The lowest BCUT2D eigenvalue weighted by Crippen LogP contribution is -2.54. The molecule has 1 heterocycles. The highest BCUT2D eigenvalue weighted by molar-refractivity contribution is 6.04. The highest BCUT2D eigenvalue weighted by Crippen LogP contribution is 2.48. The van der Waals surface area contributed by atoms with Gasteiger partial charge in [-0.3, -0.25) is 4.79 Å². The van der Waals surface area contributed by atoms with Gasteiger partial charge in [-0.2, -0.15) is 0 Å². The Morgan fingerprint density at radius 1 is 0.950 bits per heavy atom. The maximum Gasteiger partial charge on any atom is 0.247 e. The van der Waals surface area contributed by atoms with E-state index in [1.165, 1.54) is 0 Å². The van der Waals surface area contributed by atoms with E-state index < -0.39 is 11.2 Å². The first-order chi connectivity index (χ1) is 9.47. The van der Waals surface area contributed by atoms with Crippen molar-refractivity contribution < 1.29 is 14.6 Å². The van der Waals surface area contributed by atoms with Gasteiger partial charge < -0.3 is 9.84 Å². The average Bonchev–Trinajstić information content (AvgIpc) is 2.46. The molecule has 0 spiro atoms. The zero-order chi connectivity index (χ0) is 14.4. The number of ketones is 1. The maximum atomic E-state index is 12.7. The van der Waals surface area contributed by atoms with Gasteiger partial charge >= 0.3 is 0 Å². The lowest BCUT2D eigenvalue weighted by atomic mass is 9.71. The van der Waals surface area contributed by atoms with Crippen LogP contribution in [0.3, 0.4) is 0 Å². The third-order valence-electron chi connectivity index (χ3n) is 3.97. The van der Waals surface area contributed by atoms with Crippen molar-refractivity contribution in [3.63, 3.8) is 0 Å². The highest BCUT2D eigenvalue weighted by Gasteiger charge is 2.56. The molecule has 3 nitrogen and oxygen atoms in total. The van der Waals surface area contributed by atoms with Crippen LogP contribution in [0.25, 0.3) is 0 Å². The van der Waals surface area contributed by atoms with Gasteiger partial charge in [-0.1, -0.05) is 42.5 Å². The zero-order valence-corrected chi connectivity index (χ0v) is 11.5. The van der Waals surface area contributed by atoms with Crippen molar-refractivity contribution in [1.29, 1.82) is 0 Å². The average molecular weight is 268 g/mol. The van der Waals surface area contributed by atoms with Crippen LogP contribution in [-0.4, -0.2) is 10.9 Å². The van der Waals surface area contributed by atoms with Crippen molar-refractivity contribution in [3.05, 3.63) is 65.7 Å². The van der Waals surface area contributed by atoms with Crippen LogP contribution >= 0.6 is 0 Å². The molecule has 0 aromatic heterocycles. The molecule has 1 aliphatic heterocycles. The van der Waals surface area contributed by atoms with E-state index in [-0.39, 0.29) is 5.78 Å². The first kappa shape index (κ1) is 12.9. The molecule has 0 aliphatic carbocycles. The number of aliphatic hydroxyl groups is 1. The lowest BCUT2D eigenvalue weighted by Gasteiger charge is -2.45. The van der Waals surface area contributed by atoms with Gasteiger partial charge in [0.25, 0.3) is 0 Å². The van der Waals surface area contributed by atoms with Crippen molar-refractivity contribution in [2.24, 2.45) is 5.41 Å². The number of hydrogen-bond acceptors (Lipinski definition) is 3. The standard InChI is InChI=1S/C17H16O3/c1-16(2)15(18)13-10-6-7-11-14(13)20-17(16,19)12-8-4-3-5-9-12/h3-11,19H,1-2H3. The minimum absolute atomic E-state index is 0.120. The molecule has 0 saturated heterocycles. The lowest BCUT2D eigenvalue weighted by molar-refractivity contribution is -0.210. The van der Waals surface area contributed by atoms with E-state index in [9.17, 15) is 9.90 Å². The largest absolute Gasteiger partial charge is 0.456 e. The van der Waals surface area contributed by atoms with Gasteiger partial charge in [-0.05, 0) is 26.0 Å². The molecule has 3 heteroatoms. The summed E-state index contributed by atoms with van der Waals surface area (Å²) < 4.78 is 5.83. The van der Waals surface area contributed by atoms with Crippen LogP contribution in [0.1, 0.15) is 29.8 Å². The summed E-state index contributed by atoms with van der Waals surface area (Å²) in [6.07, 6.45) is 0. The quantitative estimate of drug-likeness (QED) is 0.864. The Morgan fingerprint density at radius 3 is 2.25 bits per heavy atom. The summed E-state index contributed by atoms with van der Waals surface area (Å²) >= 11 is 0. The fourth-order valence-electron chi connectivity index (χ4n) is 2.60. The van der Waals surface area contributed by atoms with E-state index in [0.29, 0.717) is 16.9 Å². The van der Waals surface area contributed by atoms with Crippen molar-refractivity contribution in [2.75, 3.05) is 0 Å². The second-order valence-electron chi connectivity index (χ2n) is 5.56. The summed E-state index contributed by atoms with van der Waals surface area (Å²) in [4.78, 5) is 12.7. The zero-order valence-electron chi connectivity index (χ0n) is 11.5. The van der Waals surface area contributed by atoms with Gasteiger partial charge in [0.2, 0.25) is 5.79 Å². The Bertz CT molecular complexity index is 661. The number of hydrogen-bond donors (Lipinski definition) is 1. The third kappa shape index (κ3) is 1.60. The fraction of sp³-hybridized carbons (Fsp3) is 0.235. The number of benzene rings is 2. The molecule has 1 atom stereocenters. The Kier molecular flexibility index (Phi) is 2.69. The number of rotatable bonds is 1. The summed E-state index contributed by atoms with van der Waals surface area (Å²) in [7, 11) is 0. The third-order valence-corrected chi connectivity index (χ3v) is 3.97.